The van der Waals surface area contributed by atoms with Crippen molar-refractivity contribution in [2.75, 3.05) is 32.7 Å². The minimum absolute atomic E-state index is 0.0481. The summed E-state index contributed by atoms with van der Waals surface area (Å²) in [6.45, 7) is 5.37. The van der Waals surface area contributed by atoms with E-state index in [1.807, 2.05) is 24.3 Å². The van der Waals surface area contributed by atoms with Gasteiger partial charge in [0.05, 0.1) is 5.71 Å². The number of carbonyl (C=O) groups is 1. The van der Waals surface area contributed by atoms with Crippen LogP contribution in [-0.2, 0) is 16.6 Å². The van der Waals surface area contributed by atoms with Crippen LogP contribution >= 0.6 is 23.2 Å². The zero-order chi connectivity index (χ0) is 28.5. The minimum Gasteiger partial charge on any atom is -0.313 e. The number of rotatable bonds is 13. The average Bonchev–Trinajstić information content (AvgIpc) is 2.97. The Balaban J connectivity index is 1.50. The Bertz CT molecular complexity index is 1160. The number of hydrogen-bond acceptors (Lipinski definition) is 5. The lowest BCUT2D eigenvalue weighted by molar-refractivity contribution is -0.112. The number of nitrogens with one attached hydrogen (secondary N) is 2. The van der Waals surface area contributed by atoms with Crippen molar-refractivity contribution in [1.29, 1.82) is 10.8 Å². The Labute approximate surface area is 248 Å². The van der Waals surface area contributed by atoms with E-state index in [-0.39, 0.29) is 29.1 Å². The van der Waals surface area contributed by atoms with Crippen LogP contribution in [0, 0.1) is 16.6 Å². The summed E-state index contributed by atoms with van der Waals surface area (Å²) in [4.78, 5) is 18.4. The van der Waals surface area contributed by atoms with Gasteiger partial charge in [0.25, 0.3) is 0 Å². The first kappa shape index (κ1) is 30.8. The van der Waals surface area contributed by atoms with Crippen molar-refractivity contribution in [3.63, 3.8) is 0 Å². The molecule has 0 radical (unpaired) electrons. The molecular weight excluding hydrogens is 546 g/mol. The second-order valence-electron chi connectivity index (χ2n) is 11.4. The van der Waals surface area contributed by atoms with Crippen LogP contribution in [0.5, 0.6) is 0 Å². The van der Waals surface area contributed by atoms with E-state index in [4.69, 9.17) is 34.0 Å². The van der Waals surface area contributed by atoms with E-state index >= 15 is 0 Å². The van der Waals surface area contributed by atoms with Gasteiger partial charge in [-0.05, 0) is 114 Å². The van der Waals surface area contributed by atoms with E-state index in [0.29, 0.717) is 23.9 Å². The standard InChI is InChI=1S/C32H41Cl2FN4O/c33-25-8-4-7-24(21-25)32(13-6-15-36,23-30(37)31(40)22-27-28(34)9-5-10-29(27)35)14-20-38-18-11-26(12-19-38)39-16-2-1-3-17-39/h4-5,7-10,15,21,26,36-37H,1-3,6,11-14,16-20,22-23H2/t32-/m0/s1. The summed E-state index contributed by atoms with van der Waals surface area (Å²) in [5.74, 6) is -0.970. The third kappa shape index (κ3) is 8.00. The molecule has 2 N–H and O–H groups in total. The quantitative estimate of drug-likeness (QED) is 0.241. The maximum Gasteiger partial charge on any atom is 0.180 e. The highest BCUT2D eigenvalue weighted by atomic mass is 35.5. The number of ketones is 1. The second kappa shape index (κ2) is 14.7. The molecule has 5 nitrogen and oxygen atoms in total. The van der Waals surface area contributed by atoms with Gasteiger partial charge in [0.15, 0.2) is 5.78 Å². The Morgan fingerprint density at radius 2 is 1.75 bits per heavy atom. The molecule has 2 saturated heterocycles. The molecule has 40 heavy (non-hydrogen) atoms. The van der Waals surface area contributed by atoms with Gasteiger partial charge in [-0.25, -0.2) is 4.39 Å². The molecule has 0 unspecified atom stereocenters. The molecule has 2 fully saturated rings. The molecule has 8 heteroatoms. The van der Waals surface area contributed by atoms with Crippen molar-refractivity contribution in [2.45, 2.75) is 75.7 Å². The van der Waals surface area contributed by atoms with Gasteiger partial charge in [-0.3, -0.25) is 4.79 Å². The number of nitrogens with zero attached hydrogens (tertiary/aromatic N) is 2. The molecule has 216 valence electrons. The summed E-state index contributed by atoms with van der Waals surface area (Å²) in [6.07, 6.45) is 9.56. The van der Waals surface area contributed by atoms with E-state index in [1.54, 1.807) is 6.07 Å². The van der Waals surface area contributed by atoms with Gasteiger partial charge in [0.2, 0.25) is 0 Å². The molecule has 0 bridgehead atoms. The molecule has 2 aliphatic rings. The molecule has 0 amide bonds. The molecule has 1 atom stereocenters. The maximum atomic E-state index is 14.4. The van der Waals surface area contributed by atoms with E-state index in [1.165, 1.54) is 63.5 Å². The summed E-state index contributed by atoms with van der Waals surface area (Å²) in [5.41, 5.74) is 0.515. The lowest BCUT2D eigenvalue weighted by Gasteiger charge is -2.42. The highest BCUT2D eigenvalue weighted by Crippen LogP contribution is 2.39. The first-order valence-electron chi connectivity index (χ1n) is 14.6. The zero-order valence-corrected chi connectivity index (χ0v) is 24.8. The van der Waals surface area contributed by atoms with E-state index in [2.05, 4.69) is 9.80 Å². The fraction of sp³-hybridized carbons (Fsp3) is 0.531. The van der Waals surface area contributed by atoms with Crippen molar-refractivity contribution < 1.29 is 9.18 Å². The SMILES string of the molecule is N=CCC[C@](CCN1CCC(N2CCCCC2)CC1)(CC(=N)C(=O)Cc1c(F)cccc1Cl)c1cccc(Cl)c1. The monoisotopic (exact) mass is 586 g/mol. The molecule has 2 heterocycles. The lowest BCUT2D eigenvalue weighted by atomic mass is 9.69. The van der Waals surface area contributed by atoms with Crippen molar-refractivity contribution in [2.24, 2.45) is 0 Å². The van der Waals surface area contributed by atoms with Crippen LogP contribution in [0.25, 0.3) is 0 Å². The predicted octanol–water partition coefficient (Wildman–Crippen LogP) is 7.36. The van der Waals surface area contributed by atoms with Crippen molar-refractivity contribution in [3.05, 3.63) is 69.5 Å². The minimum atomic E-state index is -0.544. The molecule has 4 rings (SSSR count). The van der Waals surface area contributed by atoms with Gasteiger partial charge >= 0.3 is 0 Å². The number of piperidine rings is 2. The van der Waals surface area contributed by atoms with Crippen LogP contribution in [0.3, 0.4) is 0 Å². The number of likely N-dealkylation sites (tertiary alicyclic amines) is 2. The fourth-order valence-electron chi connectivity index (χ4n) is 6.43. The third-order valence-corrected chi connectivity index (χ3v) is 9.41. The van der Waals surface area contributed by atoms with Crippen LogP contribution in [0.1, 0.15) is 68.9 Å². The van der Waals surface area contributed by atoms with Gasteiger partial charge in [0.1, 0.15) is 5.82 Å². The zero-order valence-electron chi connectivity index (χ0n) is 23.2. The molecular formula is C32H41Cl2FN4O. The fourth-order valence-corrected chi connectivity index (χ4v) is 6.85. The topological polar surface area (TPSA) is 71.2 Å². The van der Waals surface area contributed by atoms with Crippen LogP contribution in [0.4, 0.5) is 4.39 Å². The summed E-state index contributed by atoms with van der Waals surface area (Å²) < 4.78 is 14.4. The molecule has 0 saturated carbocycles. The summed E-state index contributed by atoms with van der Waals surface area (Å²) in [7, 11) is 0. The number of carbonyl (C=O) groups excluding carboxylic acids is 1. The summed E-state index contributed by atoms with van der Waals surface area (Å²) in [6, 6.07) is 12.7. The highest BCUT2D eigenvalue weighted by molar-refractivity contribution is 6.40. The molecule has 0 spiro atoms. The first-order chi connectivity index (χ1) is 19.3. The number of halogens is 3. The molecule has 2 aromatic rings. The number of Topliss-reactive ketones (excluding diaryl/α,β-unsaturated/α-hetero) is 1. The highest BCUT2D eigenvalue weighted by Gasteiger charge is 2.36. The normalized spacial score (nSPS) is 18.8. The van der Waals surface area contributed by atoms with Gasteiger partial charge in [-0.2, -0.15) is 0 Å². The van der Waals surface area contributed by atoms with Gasteiger partial charge in [-0.1, -0.05) is 47.8 Å². The van der Waals surface area contributed by atoms with Gasteiger partial charge in [0, 0.05) is 39.9 Å². The smallest absolute Gasteiger partial charge is 0.180 e. The molecule has 0 aromatic heterocycles. The molecule has 0 aliphatic carbocycles. The Hall–Kier alpha value is -2.12. The van der Waals surface area contributed by atoms with Crippen molar-refractivity contribution in [1.82, 2.24) is 9.80 Å². The lowest BCUT2D eigenvalue weighted by Crippen LogP contribution is -2.47. The Morgan fingerprint density at radius 3 is 2.42 bits per heavy atom. The summed E-state index contributed by atoms with van der Waals surface area (Å²) >= 11 is 12.6. The van der Waals surface area contributed by atoms with E-state index in [0.717, 1.165) is 31.6 Å². The van der Waals surface area contributed by atoms with Crippen LogP contribution in [0.2, 0.25) is 10.0 Å². The van der Waals surface area contributed by atoms with E-state index < -0.39 is 17.0 Å². The number of hydrogen-bond donors (Lipinski definition) is 2. The van der Waals surface area contributed by atoms with Crippen LogP contribution in [-0.4, -0.2) is 66.3 Å². The van der Waals surface area contributed by atoms with Crippen LogP contribution < -0.4 is 0 Å². The Morgan fingerprint density at radius 1 is 1.02 bits per heavy atom. The first-order valence-corrected chi connectivity index (χ1v) is 15.3. The van der Waals surface area contributed by atoms with Crippen molar-refractivity contribution >= 4 is 40.9 Å². The number of benzene rings is 2. The molecule has 2 aromatic carbocycles. The van der Waals surface area contributed by atoms with E-state index in [9.17, 15) is 9.18 Å². The predicted molar refractivity (Wildman–Crippen MR) is 163 cm³/mol. The molecule has 2 aliphatic heterocycles. The second-order valence-corrected chi connectivity index (χ2v) is 12.3. The maximum absolute atomic E-state index is 14.4. The summed E-state index contributed by atoms with van der Waals surface area (Å²) in [5, 5.41) is 17.4. The van der Waals surface area contributed by atoms with Gasteiger partial charge < -0.3 is 20.6 Å². The van der Waals surface area contributed by atoms with Gasteiger partial charge in [-0.15, -0.1) is 0 Å². The average molecular weight is 588 g/mol. The van der Waals surface area contributed by atoms with Crippen LogP contribution in [0.15, 0.2) is 42.5 Å². The third-order valence-electron chi connectivity index (χ3n) is 8.83. The Kier molecular flexibility index (Phi) is 11.3. The van der Waals surface area contributed by atoms with Crippen molar-refractivity contribution in [3.8, 4) is 0 Å². The largest absolute Gasteiger partial charge is 0.313 e.